The third-order valence-corrected chi connectivity index (χ3v) is 4.10. The number of hydrogen-bond acceptors (Lipinski definition) is 0. The van der Waals surface area contributed by atoms with Gasteiger partial charge in [-0.2, -0.15) is 26.3 Å². The lowest BCUT2D eigenvalue weighted by Crippen LogP contribution is -2.26. The first-order chi connectivity index (χ1) is 10.2. The number of benzene rings is 1. The Bertz CT molecular complexity index is 596. The molecule has 0 heterocycles. The Labute approximate surface area is 127 Å². The summed E-state index contributed by atoms with van der Waals surface area (Å²) < 4.78 is 104. The monoisotopic (exact) mass is 346 g/mol. The topological polar surface area (TPSA) is 0 Å². The van der Waals surface area contributed by atoms with Crippen LogP contribution in [0.25, 0.3) is 0 Å². The molecule has 0 spiro atoms. The van der Waals surface area contributed by atoms with E-state index < -0.39 is 53.6 Å². The van der Waals surface area contributed by atoms with E-state index in [1.54, 1.807) is 13.8 Å². The van der Waals surface area contributed by atoms with Crippen LogP contribution in [0.1, 0.15) is 49.3 Å². The minimum Gasteiger partial charge on any atom is -0.206 e. The number of hydrogen-bond donors (Lipinski definition) is 0. The van der Waals surface area contributed by atoms with Crippen LogP contribution in [-0.4, -0.2) is 12.1 Å². The number of halogens is 8. The van der Waals surface area contributed by atoms with Gasteiger partial charge in [0, 0.05) is 6.42 Å². The molecule has 1 atom stereocenters. The fraction of sp³-hybridized carbons (Fsp3) is 0.600. The molecule has 0 amide bonds. The fourth-order valence-corrected chi connectivity index (χ4v) is 2.71. The van der Waals surface area contributed by atoms with Crippen molar-refractivity contribution in [1.82, 2.24) is 0 Å². The molecule has 1 aliphatic carbocycles. The predicted octanol–water partition coefficient (Wildman–Crippen LogP) is 6.06. The highest BCUT2D eigenvalue weighted by atomic mass is 19.4. The zero-order chi connectivity index (χ0) is 17.8. The molecule has 1 aromatic rings. The molecule has 0 radical (unpaired) electrons. The lowest BCUT2D eigenvalue weighted by molar-refractivity contribution is -0.147. The third-order valence-electron chi connectivity index (χ3n) is 4.10. The minimum absolute atomic E-state index is 0.0825. The van der Waals surface area contributed by atoms with Gasteiger partial charge in [0.05, 0.1) is 17.4 Å². The van der Waals surface area contributed by atoms with Gasteiger partial charge in [-0.25, -0.2) is 8.78 Å². The second-order valence-electron chi connectivity index (χ2n) is 6.25. The molecule has 130 valence electrons. The van der Waals surface area contributed by atoms with E-state index in [0.717, 1.165) is 12.1 Å². The van der Waals surface area contributed by atoms with Gasteiger partial charge in [-0.15, -0.1) is 0 Å². The Morgan fingerprint density at radius 3 is 1.87 bits per heavy atom. The fourth-order valence-electron chi connectivity index (χ4n) is 2.71. The lowest BCUT2D eigenvalue weighted by Gasteiger charge is -2.22. The van der Waals surface area contributed by atoms with Gasteiger partial charge in [0.2, 0.25) is 0 Å². The van der Waals surface area contributed by atoms with Crippen molar-refractivity contribution in [2.24, 2.45) is 0 Å². The van der Waals surface area contributed by atoms with E-state index in [1.165, 1.54) is 0 Å². The second kappa shape index (κ2) is 5.08. The largest absolute Gasteiger partial charge is 0.416 e. The van der Waals surface area contributed by atoms with Crippen LogP contribution in [0.3, 0.4) is 0 Å². The van der Waals surface area contributed by atoms with Crippen molar-refractivity contribution >= 4 is 0 Å². The summed E-state index contributed by atoms with van der Waals surface area (Å²) in [5.41, 5.74) is -4.32. The molecule has 0 N–H and O–H groups in total. The first-order valence-corrected chi connectivity index (χ1v) is 6.85. The third kappa shape index (κ3) is 3.45. The summed E-state index contributed by atoms with van der Waals surface area (Å²) in [6, 6.07) is 2.24. The van der Waals surface area contributed by atoms with Gasteiger partial charge in [0.15, 0.2) is 0 Å². The average molecular weight is 346 g/mol. The van der Waals surface area contributed by atoms with Gasteiger partial charge < -0.3 is 0 Å². The summed E-state index contributed by atoms with van der Waals surface area (Å²) in [7, 11) is 0. The summed E-state index contributed by atoms with van der Waals surface area (Å²) in [5, 5.41) is 0. The molecule has 1 aliphatic rings. The standard InChI is InChI=1S/C15H14F8/c1-8(2)9-3-10(5-11(4-9)15(21,22)23)12(6-13(12,16)17)7-14(18,19)20/h3-5,8H,6-7H2,1-2H3. The Kier molecular flexibility index (Phi) is 3.97. The van der Waals surface area contributed by atoms with E-state index in [-0.39, 0.29) is 5.56 Å². The molecule has 8 heteroatoms. The SMILES string of the molecule is CC(C)c1cc(C(F)(F)F)cc(C2(CC(F)(F)F)CC2(F)F)c1. The molecular formula is C15H14F8. The van der Waals surface area contributed by atoms with Crippen molar-refractivity contribution in [1.29, 1.82) is 0 Å². The normalized spacial score (nSPS) is 24.1. The Morgan fingerprint density at radius 2 is 1.52 bits per heavy atom. The van der Waals surface area contributed by atoms with Crippen molar-refractivity contribution in [3.8, 4) is 0 Å². The quantitative estimate of drug-likeness (QED) is 0.584. The van der Waals surface area contributed by atoms with Crippen molar-refractivity contribution in [3.63, 3.8) is 0 Å². The van der Waals surface area contributed by atoms with E-state index in [4.69, 9.17) is 0 Å². The molecular weight excluding hydrogens is 332 g/mol. The summed E-state index contributed by atoms with van der Waals surface area (Å²) in [5.74, 6) is -4.10. The molecule has 1 fully saturated rings. The lowest BCUT2D eigenvalue weighted by atomic mass is 9.86. The summed E-state index contributed by atoms with van der Waals surface area (Å²) in [4.78, 5) is 0. The van der Waals surface area contributed by atoms with Crippen molar-refractivity contribution in [2.45, 2.75) is 56.3 Å². The van der Waals surface area contributed by atoms with Crippen LogP contribution in [0.5, 0.6) is 0 Å². The number of alkyl halides is 8. The van der Waals surface area contributed by atoms with E-state index in [9.17, 15) is 35.1 Å². The van der Waals surface area contributed by atoms with Crippen molar-refractivity contribution in [2.75, 3.05) is 0 Å². The van der Waals surface area contributed by atoms with Gasteiger partial charge in [-0.1, -0.05) is 19.9 Å². The Hall–Kier alpha value is -1.34. The van der Waals surface area contributed by atoms with E-state index in [2.05, 4.69) is 0 Å². The van der Waals surface area contributed by atoms with Crippen molar-refractivity contribution in [3.05, 3.63) is 34.9 Å². The van der Waals surface area contributed by atoms with Crippen LogP contribution >= 0.6 is 0 Å². The van der Waals surface area contributed by atoms with Gasteiger partial charge >= 0.3 is 12.4 Å². The molecule has 1 unspecified atom stereocenters. The second-order valence-corrected chi connectivity index (χ2v) is 6.25. The smallest absolute Gasteiger partial charge is 0.206 e. The summed E-state index contributed by atoms with van der Waals surface area (Å²) in [6.45, 7) is 3.08. The predicted molar refractivity (Wildman–Crippen MR) is 67.4 cm³/mol. The van der Waals surface area contributed by atoms with Crippen molar-refractivity contribution < 1.29 is 35.1 Å². The molecule has 23 heavy (non-hydrogen) atoms. The van der Waals surface area contributed by atoms with Crippen LogP contribution in [0, 0.1) is 0 Å². The van der Waals surface area contributed by atoms with E-state index in [0.29, 0.717) is 6.07 Å². The van der Waals surface area contributed by atoms with Crippen LogP contribution in [0.15, 0.2) is 18.2 Å². The first kappa shape index (κ1) is 18.0. The highest BCUT2D eigenvalue weighted by molar-refractivity contribution is 5.44. The van der Waals surface area contributed by atoms with Gasteiger partial charge in [-0.05, 0) is 29.2 Å². The molecule has 1 saturated carbocycles. The van der Waals surface area contributed by atoms with Gasteiger partial charge in [0.25, 0.3) is 5.92 Å². The number of rotatable bonds is 3. The zero-order valence-electron chi connectivity index (χ0n) is 12.2. The molecule has 0 nitrogen and oxygen atoms in total. The Morgan fingerprint density at radius 1 is 1.00 bits per heavy atom. The first-order valence-electron chi connectivity index (χ1n) is 6.85. The molecule has 1 aromatic carbocycles. The molecule has 0 saturated heterocycles. The Balaban J connectivity index is 2.59. The van der Waals surface area contributed by atoms with E-state index >= 15 is 0 Å². The summed E-state index contributed by atoms with van der Waals surface area (Å²) in [6.07, 6.45) is -12.7. The highest BCUT2D eigenvalue weighted by Crippen LogP contribution is 2.66. The minimum atomic E-state index is -4.90. The average Bonchev–Trinajstić information content (AvgIpc) is 2.87. The summed E-state index contributed by atoms with van der Waals surface area (Å²) >= 11 is 0. The molecule has 0 aliphatic heterocycles. The zero-order valence-corrected chi connectivity index (χ0v) is 12.2. The van der Waals surface area contributed by atoms with E-state index in [1.807, 2.05) is 0 Å². The van der Waals surface area contributed by atoms with Crippen LogP contribution in [0.4, 0.5) is 35.1 Å². The maximum absolute atomic E-state index is 13.6. The van der Waals surface area contributed by atoms with Crippen LogP contribution in [-0.2, 0) is 11.6 Å². The molecule has 0 aromatic heterocycles. The molecule has 0 bridgehead atoms. The maximum Gasteiger partial charge on any atom is 0.416 e. The molecule has 2 rings (SSSR count). The van der Waals surface area contributed by atoms with Gasteiger partial charge in [0.1, 0.15) is 0 Å². The van der Waals surface area contributed by atoms with Crippen LogP contribution in [0.2, 0.25) is 0 Å². The maximum atomic E-state index is 13.6. The van der Waals surface area contributed by atoms with Crippen LogP contribution < -0.4 is 0 Å². The highest BCUT2D eigenvalue weighted by Gasteiger charge is 2.74. The van der Waals surface area contributed by atoms with Gasteiger partial charge in [-0.3, -0.25) is 0 Å².